The minimum absolute atomic E-state index is 0.133. The summed E-state index contributed by atoms with van der Waals surface area (Å²) < 4.78 is 40.1. The zero-order chi connectivity index (χ0) is 29.2. The maximum Gasteiger partial charge on any atom is 0.321 e. The maximum atomic E-state index is 14.2. The predicted molar refractivity (Wildman–Crippen MR) is 155 cm³/mol. The first-order chi connectivity index (χ1) is 19.0. The Balaban J connectivity index is 1.83. The lowest BCUT2D eigenvalue weighted by atomic mass is 9.77. The third kappa shape index (κ3) is 4.86. The van der Waals surface area contributed by atoms with Gasteiger partial charge in [-0.1, -0.05) is 29.8 Å². The molecule has 0 aliphatic carbocycles. The zero-order valence-electron chi connectivity index (χ0n) is 23.0. The van der Waals surface area contributed by atoms with E-state index in [4.69, 9.17) is 21.1 Å². The Kier molecular flexibility index (Phi) is 8.32. The molecule has 0 bridgehead atoms. The molecule has 0 saturated carbocycles. The van der Waals surface area contributed by atoms with Gasteiger partial charge in [0.1, 0.15) is 16.9 Å². The topological polar surface area (TPSA) is 105 Å². The van der Waals surface area contributed by atoms with Gasteiger partial charge in [-0.15, -0.1) is 0 Å². The lowest BCUT2D eigenvalue weighted by Crippen LogP contribution is -2.42. The number of rotatable bonds is 9. The molecule has 0 aromatic heterocycles. The number of sulfonamides is 1. The van der Waals surface area contributed by atoms with E-state index >= 15 is 0 Å². The number of hydrogen-bond donors (Lipinski definition) is 1. The molecule has 4 rings (SSSR count). The van der Waals surface area contributed by atoms with Crippen molar-refractivity contribution in [3.8, 4) is 11.5 Å². The molecule has 11 heteroatoms. The Morgan fingerprint density at radius 3 is 2.35 bits per heavy atom. The van der Waals surface area contributed by atoms with Crippen LogP contribution in [0.25, 0.3) is 0 Å². The Morgan fingerprint density at radius 1 is 1.02 bits per heavy atom. The minimum Gasteiger partial charge on any atom is -0.495 e. The Morgan fingerprint density at radius 2 is 1.73 bits per heavy atom. The highest BCUT2D eigenvalue weighted by atomic mass is 35.5. The van der Waals surface area contributed by atoms with Crippen molar-refractivity contribution in [2.45, 2.75) is 38.0 Å². The number of nitrogens with zero attached hydrogens (tertiary/aromatic N) is 2. The van der Waals surface area contributed by atoms with Gasteiger partial charge in [0.05, 0.1) is 30.0 Å². The minimum atomic E-state index is -4.43. The van der Waals surface area contributed by atoms with Gasteiger partial charge in [0.25, 0.3) is 15.9 Å². The standard InChI is InChI=1S/C29H32ClN3O6S/c1-6-32(7-2)28(35)31-24-15-14-20(18-26(24)38-5)40(36,37)33-25-16-13-19(39-8-3)17-22(25)29(4,27(33)34)21-11-9-10-12-23(21)30/h9-18H,6-8H2,1-5H3,(H,31,35). The average molecular weight is 586 g/mol. The molecule has 1 atom stereocenters. The molecule has 1 aliphatic rings. The van der Waals surface area contributed by atoms with Crippen LogP contribution in [0.15, 0.2) is 65.6 Å². The van der Waals surface area contributed by atoms with E-state index in [1.807, 2.05) is 20.8 Å². The summed E-state index contributed by atoms with van der Waals surface area (Å²) in [6.45, 7) is 8.61. The van der Waals surface area contributed by atoms with Crippen molar-refractivity contribution in [1.82, 2.24) is 4.90 Å². The van der Waals surface area contributed by atoms with E-state index in [0.29, 0.717) is 47.3 Å². The van der Waals surface area contributed by atoms with E-state index in [0.717, 1.165) is 4.31 Å². The molecule has 9 nitrogen and oxygen atoms in total. The van der Waals surface area contributed by atoms with Crippen LogP contribution in [0.4, 0.5) is 16.2 Å². The smallest absolute Gasteiger partial charge is 0.321 e. The average Bonchev–Trinajstić information content (AvgIpc) is 3.17. The molecule has 212 valence electrons. The van der Waals surface area contributed by atoms with Crippen molar-refractivity contribution >= 4 is 44.9 Å². The van der Waals surface area contributed by atoms with Gasteiger partial charge in [0, 0.05) is 29.7 Å². The Labute approximate surface area is 239 Å². The van der Waals surface area contributed by atoms with E-state index in [-0.39, 0.29) is 22.4 Å². The summed E-state index contributed by atoms with van der Waals surface area (Å²) in [7, 11) is -3.05. The summed E-state index contributed by atoms with van der Waals surface area (Å²) in [5.41, 5.74) is 0.0225. The third-order valence-electron chi connectivity index (χ3n) is 7.06. The van der Waals surface area contributed by atoms with Crippen molar-refractivity contribution in [3.05, 3.63) is 76.8 Å². The van der Waals surface area contributed by atoms with E-state index in [2.05, 4.69) is 5.32 Å². The first-order valence-electron chi connectivity index (χ1n) is 12.9. The van der Waals surface area contributed by atoms with Gasteiger partial charge >= 0.3 is 6.03 Å². The van der Waals surface area contributed by atoms with Crippen molar-refractivity contribution < 1.29 is 27.5 Å². The van der Waals surface area contributed by atoms with Gasteiger partial charge in [-0.3, -0.25) is 4.79 Å². The number of ether oxygens (including phenoxy) is 2. The Hall–Kier alpha value is -3.76. The van der Waals surface area contributed by atoms with E-state index in [1.54, 1.807) is 54.3 Å². The molecule has 1 N–H and O–H groups in total. The molecule has 1 heterocycles. The van der Waals surface area contributed by atoms with Crippen LogP contribution >= 0.6 is 11.6 Å². The zero-order valence-corrected chi connectivity index (χ0v) is 24.6. The van der Waals surface area contributed by atoms with E-state index in [1.165, 1.54) is 25.3 Å². The van der Waals surface area contributed by atoms with E-state index in [9.17, 15) is 18.0 Å². The van der Waals surface area contributed by atoms with Crippen LogP contribution in [-0.2, 0) is 20.2 Å². The summed E-state index contributed by atoms with van der Waals surface area (Å²) in [6.07, 6.45) is 0. The lowest BCUT2D eigenvalue weighted by Gasteiger charge is -2.26. The first-order valence-corrected chi connectivity index (χ1v) is 14.7. The molecule has 0 spiro atoms. The normalized spacial score (nSPS) is 16.4. The van der Waals surface area contributed by atoms with Gasteiger partial charge in [-0.25, -0.2) is 17.5 Å². The van der Waals surface area contributed by atoms with E-state index < -0.39 is 21.3 Å². The maximum absolute atomic E-state index is 14.2. The van der Waals surface area contributed by atoms with Crippen molar-refractivity contribution in [2.24, 2.45) is 0 Å². The summed E-state index contributed by atoms with van der Waals surface area (Å²) in [4.78, 5) is 28.2. The summed E-state index contributed by atoms with van der Waals surface area (Å²) >= 11 is 6.54. The lowest BCUT2D eigenvalue weighted by molar-refractivity contribution is -0.120. The number of carbonyl (C=O) groups excluding carboxylic acids is 2. The fraction of sp³-hybridized carbons (Fsp3) is 0.310. The van der Waals surface area contributed by atoms with Crippen LogP contribution in [0.2, 0.25) is 5.02 Å². The second-order valence-electron chi connectivity index (χ2n) is 9.26. The highest BCUT2D eigenvalue weighted by molar-refractivity contribution is 7.93. The van der Waals surface area contributed by atoms with Crippen LogP contribution < -0.4 is 19.1 Å². The number of anilines is 2. The van der Waals surface area contributed by atoms with Crippen molar-refractivity contribution in [3.63, 3.8) is 0 Å². The summed E-state index contributed by atoms with van der Waals surface area (Å²) in [6, 6.07) is 15.5. The molecule has 0 saturated heterocycles. The van der Waals surface area contributed by atoms with Crippen molar-refractivity contribution in [1.29, 1.82) is 0 Å². The summed E-state index contributed by atoms with van der Waals surface area (Å²) in [5.74, 6) is -0.0438. The monoisotopic (exact) mass is 585 g/mol. The quantitative estimate of drug-likeness (QED) is 0.347. The number of fused-ring (bicyclic) bond motifs is 1. The first kappa shape index (κ1) is 29.2. The third-order valence-corrected chi connectivity index (χ3v) is 9.09. The summed E-state index contributed by atoms with van der Waals surface area (Å²) in [5, 5.41) is 3.09. The predicted octanol–water partition coefficient (Wildman–Crippen LogP) is 5.66. The molecule has 3 amide bonds. The molecule has 40 heavy (non-hydrogen) atoms. The fourth-order valence-electron chi connectivity index (χ4n) is 4.89. The second-order valence-corrected chi connectivity index (χ2v) is 11.4. The van der Waals surface area contributed by atoms with Crippen LogP contribution in [0.3, 0.4) is 0 Å². The SMILES string of the molecule is CCOc1ccc2c(c1)C(C)(c1ccccc1Cl)C(=O)N2S(=O)(=O)c1ccc(NC(=O)N(CC)CC)c(OC)c1. The molecular formula is C29H32ClN3O6S. The highest BCUT2D eigenvalue weighted by Gasteiger charge is 2.54. The van der Waals surface area contributed by atoms with Crippen molar-refractivity contribution in [2.75, 3.05) is 36.4 Å². The number of urea groups is 1. The number of benzene rings is 3. The van der Waals surface area contributed by atoms with Crippen LogP contribution in [0.5, 0.6) is 11.5 Å². The van der Waals surface area contributed by atoms with Gasteiger partial charge in [-0.2, -0.15) is 0 Å². The van der Waals surface area contributed by atoms with Gasteiger partial charge < -0.3 is 19.7 Å². The largest absolute Gasteiger partial charge is 0.495 e. The Bertz CT molecular complexity index is 1560. The molecule has 0 radical (unpaired) electrons. The molecule has 3 aromatic rings. The van der Waals surface area contributed by atoms with Crippen LogP contribution in [-0.4, -0.2) is 52.1 Å². The van der Waals surface area contributed by atoms with Crippen LogP contribution in [0, 0.1) is 0 Å². The number of methoxy groups -OCH3 is 1. The van der Waals surface area contributed by atoms with Crippen LogP contribution in [0.1, 0.15) is 38.8 Å². The number of amides is 3. The number of carbonyl (C=O) groups is 2. The number of hydrogen-bond acceptors (Lipinski definition) is 6. The number of halogens is 1. The van der Waals surface area contributed by atoms with Gasteiger partial charge in [0.15, 0.2) is 0 Å². The number of nitrogens with one attached hydrogen (secondary N) is 1. The van der Waals surface area contributed by atoms with Gasteiger partial charge in [-0.05, 0) is 69.7 Å². The molecule has 0 fully saturated rings. The molecule has 1 unspecified atom stereocenters. The fourth-order valence-corrected chi connectivity index (χ4v) is 6.74. The molecule has 3 aromatic carbocycles. The molecular weight excluding hydrogens is 554 g/mol. The highest BCUT2D eigenvalue weighted by Crippen LogP contribution is 2.50. The van der Waals surface area contributed by atoms with Gasteiger partial charge in [0.2, 0.25) is 0 Å². The molecule has 1 aliphatic heterocycles. The second kappa shape index (κ2) is 11.4.